The zero-order chi connectivity index (χ0) is 9.14. The van der Waals surface area contributed by atoms with E-state index in [4.69, 9.17) is 5.73 Å². The minimum atomic E-state index is 0.450. The standard InChI is InChI=1S/C10H16N2/c1-7(2)12-10-6-9(11)5-4-8(10)3/h4-7,12H,11H2,1-3H3. The Morgan fingerprint density at radius 1 is 1.33 bits per heavy atom. The van der Waals surface area contributed by atoms with E-state index in [0.717, 1.165) is 11.4 Å². The summed E-state index contributed by atoms with van der Waals surface area (Å²) in [6.45, 7) is 6.30. The quantitative estimate of drug-likeness (QED) is 0.659. The highest BCUT2D eigenvalue weighted by atomic mass is 14.9. The third-order valence-corrected chi connectivity index (χ3v) is 1.71. The molecule has 0 heterocycles. The van der Waals surface area contributed by atoms with Gasteiger partial charge >= 0.3 is 0 Å². The lowest BCUT2D eigenvalue weighted by molar-refractivity contribution is 0.897. The molecule has 0 aliphatic heterocycles. The molecule has 2 nitrogen and oxygen atoms in total. The number of anilines is 2. The van der Waals surface area contributed by atoms with Crippen molar-refractivity contribution < 1.29 is 0 Å². The van der Waals surface area contributed by atoms with Crippen LogP contribution in [0.1, 0.15) is 19.4 Å². The van der Waals surface area contributed by atoms with Gasteiger partial charge < -0.3 is 11.1 Å². The predicted molar refractivity (Wildman–Crippen MR) is 54.4 cm³/mol. The lowest BCUT2D eigenvalue weighted by atomic mass is 10.1. The molecule has 0 radical (unpaired) electrons. The van der Waals surface area contributed by atoms with Crippen LogP contribution in [0.15, 0.2) is 18.2 Å². The van der Waals surface area contributed by atoms with E-state index in [1.165, 1.54) is 5.56 Å². The van der Waals surface area contributed by atoms with Crippen LogP contribution >= 0.6 is 0 Å². The van der Waals surface area contributed by atoms with Crippen LogP contribution in [0.2, 0.25) is 0 Å². The van der Waals surface area contributed by atoms with Gasteiger partial charge in [-0.15, -0.1) is 0 Å². The summed E-state index contributed by atoms with van der Waals surface area (Å²) in [5, 5.41) is 3.33. The molecule has 1 aromatic carbocycles. The third-order valence-electron chi connectivity index (χ3n) is 1.71. The average Bonchev–Trinajstić information content (AvgIpc) is 1.96. The number of aryl methyl sites for hydroxylation is 1. The maximum atomic E-state index is 5.66. The topological polar surface area (TPSA) is 38.0 Å². The number of nitrogens with two attached hydrogens (primary N) is 1. The lowest BCUT2D eigenvalue weighted by Gasteiger charge is -2.12. The normalized spacial score (nSPS) is 10.3. The number of rotatable bonds is 2. The second kappa shape index (κ2) is 3.48. The van der Waals surface area contributed by atoms with Crippen molar-refractivity contribution in [2.75, 3.05) is 11.1 Å². The van der Waals surface area contributed by atoms with Crippen molar-refractivity contribution in [1.29, 1.82) is 0 Å². The van der Waals surface area contributed by atoms with Gasteiger partial charge in [-0.2, -0.15) is 0 Å². The molecule has 0 fully saturated rings. The summed E-state index contributed by atoms with van der Waals surface area (Å²) in [6, 6.07) is 6.36. The Morgan fingerprint density at radius 2 is 2.00 bits per heavy atom. The lowest BCUT2D eigenvalue weighted by Crippen LogP contribution is -2.10. The number of hydrogen-bond donors (Lipinski definition) is 2. The van der Waals surface area contributed by atoms with Crippen LogP contribution in [-0.4, -0.2) is 6.04 Å². The summed E-state index contributed by atoms with van der Waals surface area (Å²) < 4.78 is 0. The van der Waals surface area contributed by atoms with Gasteiger partial charge in [-0.05, 0) is 38.5 Å². The first-order valence-electron chi connectivity index (χ1n) is 4.22. The first kappa shape index (κ1) is 8.91. The SMILES string of the molecule is Cc1ccc(N)cc1NC(C)C. The van der Waals surface area contributed by atoms with Gasteiger partial charge in [0.15, 0.2) is 0 Å². The Labute approximate surface area is 73.8 Å². The van der Waals surface area contributed by atoms with Crippen LogP contribution in [0.25, 0.3) is 0 Å². The Balaban J connectivity index is 2.90. The zero-order valence-corrected chi connectivity index (χ0v) is 7.89. The van der Waals surface area contributed by atoms with E-state index < -0.39 is 0 Å². The summed E-state index contributed by atoms with van der Waals surface area (Å²) in [4.78, 5) is 0. The molecule has 0 saturated carbocycles. The minimum Gasteiger partial charge on any atom is -0.399 e. The molecule has 1 rings (SSSR count). The summed E-state index contributed by atoms with van der Waals surface area (Å²) in [6.07, 6.45) is 0. The molecule has 66 valence electrons. The molecule has 2 heteroatoms. The van der Waals surface area contributed by atoms with Gasteiger partial charge in [-0.1, -0.05) is 6.07 Å². The van der Waals surface area contributed by atoms with E-state index in [2.05, 4.69) is 26.1 Å². The van der Waals surface area contributed by atoms with Crippen molar-refractivity contribution >= 4 is 11.4 Å². The van der Waals surface area contributed by atoms with E-state index in [9.17, 15) is 0 Å². The van der Waals surface area contributed by atoms with Crippen molar-refractivity contribution in [1.82, 2.24) is 0 Å². The van der Waals surface area contributed by atoms with E-state index in [1.807, 2.05) is 18.2 Å². The van der Waals surface area contributed by atoms with Crippen molar-refractivity contribution in [2.24, 2.45) is 0 Å². The Morgan fingerprint density at radius 3 is 2.58 bits per heavy atom. The van der Waals surface area contributed by atoms with Crippen molar-refractivity contribution in [3.05, 3.63) is 23.8 Å². The molecule has 0 saturated heterocycles. The molecule has 0 unspecified atom stereocenters. The van der Waals surface area contributed by atoms with Crippen LogP contribution < -0.4 is 11.1 Å². The van der Waals surface area contributed by atoms with Gasteiger partial charge in [0.1, 0.15) is 0 Å². The highest BCUT2D eigenvalue weighted by Crippen LogP contribution is 2.18. The molecule has 12 heavy (non-hydrogen) atoms. The number of nitrogens with one attached hydrogen (secondary N) is 1. The Hall–Kier alpha value is -1.18. The smallest absolute Gasteiger partial charge is 0.0392 e. The fourth-order valence-electron chi connectivity index (χ4n) is 1.11. The first-order valence-corrected chi connectivity index (χ1v) is 4.22. The third kappa shape index (κ3) is 2.16. The van der Waals surface area contributed by atoms with Gasteiger partial charge in [-0.3, -0.25) is 0 Å². The molecule has 0 amide bonds. The summed E-state index contributed by atoms with van der Waals surface area (Å²) >= 11 is 0. The van der Waals surface area contributed by atoms with E-state index in [0.29, 0.717) is 6.04 Å². The van der Waals surface area contributed by atoms with Crippen molar-refractivity contribution in [3.63, 3.8) is 0 Å². The molecular weight excluding hydrogens is 148 g/mol. The van der Waals surface area contributed by atoms with Crippen LogP contribution in [0.4, 0.5) is 11.4 Å². The van der Waals surface area contributed by atoms with E-state index >= 15 is 0 Å². The summed E-state index contributed by atoms with van der Waals surface area (Å²) in [5.41, 5.74) is 8.84. The molecule has 0 aromatic heterocycles. The average molecular weight is 164 g/mol. The van der Waals surface area contributed by atoms with Gasteiger partial charge in [0, 0.05) is 17.4 Å². The Kier molecular flexibility index (Phi) is 2.58. The zero-order valence-electron chi connectivity index (χ0n) is 7.89. The maximum absolute atomic E-state index is 5.66. The molecule has 0 spiro atoms. The van der Waals surface area contributed by atoms with Crippen LogP contribution in [0, 0.1) is 6.92 Å². The molecule has 0 aliphatic rings. The second-order valence-electron chi connectivity index (χ2n) is 3.37. The molecule has 1 aromatic rings. The van der Waals surface area contributed by atoms with Gasteiger partial charge in [0.25, 0.3) is 0 Å². The maximum Gasteiger partial charge on any atom is 0.0392 e. The summed E-state index contributed by atoms with van der Waals surface area (Å²) in [7, 11) is 0. The van der Waals surface area contributed by atoms with Gasteiger partial charge in [0.2, 0.25) is 0 Å². The summed E-state index contributed by atoms with van der Waals surface area (Å²) in [5.74, 6) is 0. The highest BCUT2D eigenvalue weighted by Gasteiger charge is 1.99. The molecule has 0 aliphatic carbocycles. The fourth-order valence-corrected chi connectivity index (χ4v) is 1.11. The predicted octanol–water partition coefficient (Wildman–Crippen LogP) is 2.40. The van der Waals surface area contributed by atoms with Crippen LogP contribution in [-0.2, 0) is 0 Å². The van der Waals surface area contributed by atoms with E-state index in [-0.39, 0.29) is 0 Å². The van der Waals surface area contributed by atoms with Crippen LogP contribution in [0.3, 0.4) is 0 Å². The monoisotopic (exact) mass is 164 g/mol. The molecule has 0 atom stereocenters. The highest BCUT2D eigenvalue weighted by molar-refractivity contribution is 5.59. The molecule has 3 N–H and O–H groups in total. The van der Waals surface area contributed by atoms with E-state index in [1.54, 1.807) is 0 Å². The fraction of sp³-hybridized carbons (Fsp3) is 0.400. The number of nitrogen functional groups attached to an aromatic ring is 1. The Bertz CT molecular complexity index is 267. The number of hydrogen-bond acceptors (Lipinski definition) is 2. The van der Waals surface area contributed by atoms with Gasteiger partial charge in [-0.25, -0.2) is 0 Å². The molecular formula is C10H16N2. The minimum absolute atomic E-state index is 0.450. The number of benzene rings is 1. The van der Waals surface area contributed by atoms with Crippen molar-refractivity contribution in [3.8, 4) is 0 Å². The van der Waals surface area contributed by atoms with Crippen LogP contribution in [0.5, 0.6) is 0 Å². The first-order chi connectivity index (χ1) is 5.59. The second-order valence-corrected chi connectivity index (χ2v) is 3.37. The van der Waals surface area contributed by atoms with Gasteiger partial charge in [0.05, 0.1) is 0 Å². The molecule has 0 bridgehead atoms. The van der Waals surface area contributed by atoms with Crippen molar-refractivity contribution in [2.45, 2.75) is 26.8 Å². The largest absolute Gasteiger partial charge is 0.399 e.